The highest BCUT2D eigenvalue weighted by Gasteiger charge is 2.07. The van der Waals surface area contributed by atoms with Crippen molar-refractivity contribution in [1.82, 2.24) is 10.6 Å². The first-order valence-electron chi connectivity index (χ1n) is 5.97. The number of halogens is 2. The van der Waals surface area contributed by atoms with Crippen LogP contribution in [0.1, 0.15) is 12.5 Å². The van der Waals surface area contributed by atoms with Gasteiger partial charge in [0.15, 0.2) is 5.96 Å². The van der Waals surface area contributed by atoms with Gasteiger partial charge < -0.3 is 15.4 Å². The van der Waals surface area contributed by atoms with Gasteiger partial charge in [0.1, 0.15) is 11.6 Å². The first-order valence-corrected chi connectivity index (χ1v) is 5.97. The summed E-state index contributed by atoms with van der Waals surface area (Å²) in [4.78, 5) is 4.00. The summed E-state index contributed by atoms with van der Waals surface area (Å²) >= 11 is 0. The molecule has 4 nitrogen and oxygen atoms in total. The normalized spacial score (nSPS) is 13.2. The molecule has 0 radical (unpaired) electrons. The molecule has 6 heteroatoms. The zero-order valence-corrected chi connectivity index (χ0v) is 11.3. The first-order chi connectivity index (χ1) is 9.06. The van der Waals surface area contributed by atoms with Crippen molar-refractivity contribution in [2.24, 2.45) is 4.99 Å². The van der Waals surface area contributed by atoms with Gasteiger partial charge in [-0.15, -0.1) is 0 Å². The second-order valence-corrected chi connectivity index (χ2v) is 4.16. The number of aliphatic imine (C=N–C) groups is 1. The Morgan fingerprint density at radius 1 is 1.42 bits per heavy atom. The number of rotatable bonds is 5. The standard InChI is InChI=1S/C13H19F2N3O/c1-9(8-19-3)18-13(16-2)17-7-10-6-11(14)4-5-12(10)15/h4-6,9H,7-8H2,1-3H3,(H2,16,17,18). The van der Waals surface area contributed by atoms with Crippen molar-refractivity contribution in [1.29, 1.82) is 0 Å². The number of nitrogens with zero attached hydrogens (tertiary/aromatic N) is 1. The topological polar surface area (TPSA) is 45.7 Å². The predicted molar refractivity (Wildman–Crippen MR) is 71.0 cm³/mol. The summed E-state index contributed by atoms with van der Waals surface area (Å²) in [5.74, 6) is -0.406. The zero-order chi connectivity index (χ0) is 14.3. The molecule has 0 aliphatic carbocycles. The molecule has 0 spiro atoms. The van der Waals surface area contributed by atoms with Gasteiger partial charge in [-0.2, -0.15) is 0 Å². The van der Waals surface area contributed by atoms with E-state index in [1.54, 1.807) is 14.2 Å². The predicted octanol–water partition coefficient (Wildman–Crippen LogP) is 1.66. The fourth-order valence-corrected chi connectivity index (χ4v) is 1.58. The Labute approximate surface area is 111 Å². The minimum Gasteiger partial charge on any atom is -0.383 e. The van der Waals surface area contributed by atoms with Crippen molar-refractivity contribution in [3.63, 3.8) is 0 Å². The van der Waals surface area contributed by atoms with E-state index in [2.05, 4.69) is 15.6 Å². The van der Waals surface area contributed by atoms with E-state index in [1.165, 1.54) is 0 Å². The van der Waals surface area contributed by atoms with E-state index < -0.39 is 11.6 Å². The van der Waals surface area contributed by atoms with Gasteiger partial charge >= 0.3 is 0 Å². The van der Waals surface area contributed by atoms with E-state index in [9.17, 15) is 8.78 Å². The highest BCUT2D eigenvalue weighted by Crippen LogP contribution is 2.08. The summed E-state index contributed by atoms with van der Waals surface area (Å²) in [7, 11) is 3.22. The zero-order valence-electron chi connectivity index (χ0n) is 11.3. The molecule has 1 aromatic rings. The van der Waals surface area contributed by atoms with Crippen molar-refractivity contribution in [3.05, 3.63) is 35.4 Å². The Morgan fingerprint density at radius 2 is 2.16 bits per heavy atom. The third-order valence-electron chi connectivity index (χ3n) is 2.48. The number of hydrogen-bond donors (Lipinski definition) is 2. The Morgan fingerprint density at radius 3 is 2.79 bits per heavy atom. The Balaban J connectivity index is 2.56. The SMILES string of the molecule is CN=C(NCc1cc(F)ccc1F)NC(C)COC. The van der Waals surface area contributed by atoms with Crippen LogP contribution in [0.3, 0.4) is 0 Å². The summed E-state index contributed by atoms with van der Waals surface area (Å²) in [5.41, 5.74) is 0.252. The van der Waals surface area contributed by atoms with E-state index in [-0.39, 0.29) is 18.2 Å². The van der Waals surface area contributed by atoms with Crippen molar-refractivity contribution in [2.45, 2.75) is 19.5 Å². The molecule has 0 heterocycles. The van der Waals surface area contributed by atoms with Crippen LogP contribution in [-0.2, 0) is 11.3 Å². The average molecular weight is 271 g/mol. The number of methoxy groups -OCH3 is 1. The molecule has 2 N–H and O–H groups in total. The molecular formula is C13H19F2N3O. The van der Waals surface area contributed by atoms with Crippen LogP contribution in [0.2, 0.25) is 0 Å². The minimum absolute atomic E-state index is 0.0635. The average Bonchev–Trinajstić information content (AvgIpc) is 2.38. The summed E-state index contributed by atoms with van der Waals surface area (Å²) in [6.07, 6.45) is 0. The maximum atomic E-state index is 13.4. The molecule has 106 valence electrons. The van der Waals surface area contributed by atoms with Gasteiger partial charge in [0.05, 0.1) is 6.61 Å². The largest absolute Gasteiger partial charge is 0.383 e. The third-order valence-corrected chi connectivity index (χ3v) is 2.48. The van der Waals surface area contributed by atoms with E-state index >= 15 is 0 Å². The van der Waals surface area contributed by atoms with Crippen LogP contribution in [0.4, 0.5) is 8.78 Å². The number of ether oxygens (including phenoxy) is 1. The van der Waals surface area contributed by atoms with E-state index in [0.29, 0.717) is 12.6 Å². The fraction of sp³-hybridized carbons (Fsp3) is 0.462. The summed E-state index contributed by atoms with van der Waals surface area (Å²) < 4.78 is 31.4. The molecule has 0 aliphatic heterocycles. The molecule has 0 aliphatic rings. The van der Waals surface area contributed by atoms with Crippen molar-refractivity contribution < 1.29 is 13.5 Å². The quantitative estimate of drug-likeness (QED) is 0.632. The lowest BCUT2D eigenvalue weighted by molar-refractivity contribution is 0.179. The molecular weight excluding hydrogens is 252 g/mol. The van der Waals surface area contributed by atoms with Gasteiger partial charge in [0.2, 0.25) is 0 Å². The Hall–Kier alpha value is -1.69. The second-order valence-electron chi connectivity index (χ2n) is 4.16. The number of benzene rings is 1. The molecule has 0 fully saturated rings. The van der Waals surface area contributed by atoms with E-state index in [4.69, 9.17) is 4.74 Å². The summed E-state index contributed by atoms with van der Waals surface area (Å²) in [5, 5.41) is 5.99. The molecule has 1 unspecified atom stereocenters. The van der Waals surface area contributed by atoms with Crippen LogP contribution in [-0.4, -0.2) is 32.8 Å². The van der Waals surface area contributed by atoms with E-state index in [1.807, 2.05) is 6.92 Å². The van der Waals surface area contributed by atoms with E-state index in [0.717, 1.165) is 18.2 Å². The van der Waals surface area contributed by atoms with Crippen molar-refractivity contribution >= 4 is 5.96 Å². The highest BCUT2D eigenvalue weighted by atomic mass is 19.1. The fourth-order valence-electron chi connectivity index (χ4n) is 1.58. The summed E-state index contributed by atoms with van der Waals surface area (Å²) in [6.45, 7) is 2.61. The van der Waals surface area contributed by atoms with Crippen LogP contribution in [0.5, 0.6) is 0 Å². The van der Waals surface area contributed by atoms with Gasteiger partial charge in [-0.1, -0.05) is 0 Å². The number of hydrogen-bond acceptors (Lipinski definition) is 2. The molecule has 1 aromatic carbocycles. The lowest BCUT2D eigenvalue weighted by Crippen LogP contribution is -2.43. The lowest BCUT2D eigenvalue weighted by Gasteiger charge is -2.17. The molecule has 0 bridgehead atoms. The molecule has 19 heavy (non-hydrogen) atoms. The monoisotopic (exact) mass is 271 g/mol. The highest BCUT2D eigenvalue weighted by molar-refractivity contribution is 5.79. The molecule has 0 aromatic heterocycles. The molecule has 0 saturated heterocycles. The van der Waals surface area contributed by atoms with Crippen molar-refractivity contribution in [3.8, 4) is 0 Å². The van der Waals surface area contributed by atoms with Crippen molar-refractivity contribution in [2.75, 3.05) is 20.8 Å². The van der Waals surface area contributed by atoms with Gasteiger partial charge in [0, 0.05) is 32.3 Å². The maximum Gasteiger partial charge on any atom is 0.191 e. The van der Waals surface area contributed by atoms with Crippen LogP contribution in [0.15, 0.2) is 23.2 Å². The minimum atomic E-state index is -0.464. The van der Waals surface area contributed by atoms with Crippen LogP contribution in [0, 0.1) is 11.6 Å². The summed E-state index contributed by atoms with van der Waals surface area (Å²) in [6, 6.07) is 3.42. The second kappa shape index (κ2) is 7.68. The maximum absolute atomic E-state index is 13.4. The molecule has 1 rings (SSSR count). The third kappa shape index (κ3) is 5.21. The van der Waals surface area contributed by atoms with Crippen LogP contribution in [0.25, 0.3) is 0 Å². The Kier molecular flexibility index (Phi) is 6.21. The van der Waals surface area contributed by atoms with Gasteiger partial charge in [-0.25, -0.2) is 8.78 Å². The molecule has 1 atom stereocenters. The molecule has 0 saturated carbocycles. The lowest BCUT2D eigenvalue weighted by atomic mass is 10.2. The first kappa shape index (κ1) is 15.4. The van der Waals surface area contributed by atoms with Gasteiger partial charge in [0.25, 0.3) is 0 Å². The number of nitrogens with one attached hydrogen (secondary N) is 2. The van der Waals surface area contributed by atoms with Gasteiger partial charge in [-0.05, 0) is 25.1 Å². The van der Waals surface area contributed by atoms with Crippen LogP contribution < -0.4 is 10.6 Å². The van der Waals surface area contributed by atoms with Gasteiger partial charge in [-0.3, -0.25) is 4.99 Å². The molecule has 0 amide bonds. The Bertz CT molecular complexity index is 438. The number of guanidine groups is 1. The smallest absolute Gasteiger partial charge is 0.191 e. The van der Waals surface area contributed by atoms with Crippen LogP contribution >= 0.6 is 0 Å².